The lowest BCUT2D eigenvalue weighted by molar-refractivity contribution is 0.0897. The van der Waals surface area contributed by atoms with Crippen molar-refractivity contribution in [3.05, 3.63) is 48.0 Å². The summed E-state index contributed by atoms with van der Waals surface area (Å²) in [4.78, 5) is 29.6. The van der Waals surface area contributed by atoms with Crippen molar-refractivity contribution in [3.8, 4) is 22.7 Å². The fourth-order valence-corrected chi connectivity index (χ4v) is 4.66. The number of oxazole rings is 1. The number of nitrogens with zero attached hydrogens (tertiary/aromatic N) is 2. The minimum Gasteiger partial charge on any atom is -0.431 e. The molecule has 3 N–H and O–H groups in total. The molecule has 34 heavy (non-hydrogen) atoms. The molecule has 3 aromatic rings. The zero-order valence-corrected chi connectivity index (χ0v) is 19.2. The predicted octanol–water partition coefficient (Wildman–Crippen LogP) is 4.18. The molecule has 1 aromatic carbocycles. The lowest BCUT2D eigenvalue weighted by Crippen LogP contribution is -2.37. The third-order valence-corrected chi connectivity index (χ3v) is 7.20. The number of benzene rings is 1. The summed E-state index contributed by atoms with van der Waals surface area (Å²) in [5, 5.41) is 13.4. The highest BCUT2D eigenvalue weighted by molar-refractivity contribution is 5.94. The molecular weight excluding hydrogens is 430 g/mol. The fraction of sp³-hybridized carbons (Fsp3) is 0.462. The van der Waals surface area contributed by atoms with Gasteiger partial charge < -0.3 is 15.1 Å². The topological polar surface area (TPSA) is 113 Å². The van der Waals surface area contributed by atoms with E-state index in [9.17, 15) is 9.59 Å². The summed E-state index contributed by atoms with van der Waals surface area (Å²) in [7, 11) is 0. The van der Waals surface area contributed by atoms with Gasteiger partial charge in [-0.25, -0.2) is 4.98 Å². The molecule has 0 aliphatic heterocycles. The molecule has 8 heteroatoms. The number of aromatic nitrogens is 3. The summed E-state index contributed by atoms with van der Waals surface area (Å²) in [6.07, 6.45) is 8.64. The summed E-state index contributed by atoms with van der Waals surface area (Å²) < 4.78 is 5.82. The smallest absolute Gasteiger partial charge is 0.288 e. The Morgan fingerprint density at radius 1 is 0.971 bits per heavy atom. The van der Waals surface area contributed by atoms with Crippen LogP contribution in [0.15, 0.2) is 40.9 Å². The number of aromatic amines is 1. The van der Waals surface area contributed by atoms with E-state index in [0.717, 1.165) is 11.1 Å². The molecular formula is C26H29N5O3. The van der Waals surface area contributed by atoms with Crippen molar-refractivity contribution in [2.45, 2.75) is 57.5 Å². The largest absolute Gasteiger partial charge is 0.431 e. The van der Waals surface area contributed by atoms with Gasteiger partial charge in [-0.1, -0.05) is 12.1 Å². The lowest BCUT2D eigenvalue weighted by atomic mass is 10.1. The number of hydrogen-bond donors (Lipinski definition) is 3. The van der Waals surface area contributed by atoms with Gasteiger partial charge in [0, 0.05) is 23.2 Å². The summed E-state index contributed by atoms with van der Waals surface area (Å²) in [5.41, 5.74) is 2.67. The predicted molar refractivity (Wildman–Crippen MR) is 126 cm³/mol. The Kier molecular flexibility index (Phi) is 5.23. The van der Waals surface area contributed by atoms with E-state index in [2.05, 4.69) is 25.8 Å². The van der Waals surface area contributed by atoms with Gasteiger partial charge in [0.25, 0.3) is 11.8 Å². The molecule has 0 saturated heterocycles. The number of amides is 2. The number of rotatable bonds is 9. The fourth-order valence-electron chi connectivity index (χ4n) is 4.66. The Labute approximate surface area is 197 Å². The van der Waals surface area contributed by atoms with Gasteiger partial charge in [0.2, 0.25) is 11.7 Å². The Morgan fingerprint density at radius 3 is 2.38 bits per heavy atom. The molecule has 3 aliphatic rings. The first-order valence-corrected chi connectivity index (χ1v) is 12.3. The minimum absolute atomic E-state index is 0.145. The van der Waals surface area contributed by atoms with Crippen LogP contribution < -0.4 is 10.6 Å². The van der Waals surface area contributed by atoms with Crippen LogP contribution in [0.3, 0.4) is 0 Å². The summed E-state index contributed by atoms with van der Waals surface area (Å²) in [6.45, 7) is 2.04. The molecule has 6 rings (SSSR count). The van der Waals surface area contributed by atoms with E-state index in [0.29, 0.717) is 35.0 Å². The first-order valence-electron chi connectivity index (χ1n) is 12.3. The third-order valence-electron chi connectivity index (χ3n) is 7.20. The van der Waals surface area contributed by atoms with E-state index in [4.69, 9.17) is 4.42 Å². The number of carbonyl (C=O) groups excluding carboxylic acids is 2. The standard InChI is InChI=1S/C26H29N5O3/c1-14(15-5-6-15)28-24(32)21-12-20(30-31-21)18-3-2-4-19(11-18)26-27-13-22(34-26)25(33)29-23(16-7-8-16)17-9-10-17/h2-4,11-17,23H,5-10H2,1H3,(H,28,32)(H,29,33)(H,30,31)/t14-/m0/s1. The Balaban J connectivity index is 1.15. The number of carbonyl (C=O) groups is 2. The Hall–Kier alpha value is -3.42. The Bertz CT molecular complexity index is 1210. The third kappa shape index (κ3) is 4.49. The van der Waals surface area contributed by atoms with Crippen molar-refractivity contribution in [3.63, 3.8) is 0 Å². The van der Waals surface area contributed by atoms with Crippen LogP contribution in [0.1, 0.15) is 66.5 Å². The van der Waals surface area contributed by atoms with Gasteiger partial charge in [-0.15, -0.1) is 0 Å². The van der Waals surface area contributed by atoms with Crippen molar-refractivity contribution >= 4 is 11.8 Å². The molecule has 3 fully saturated rings. The summed E-state index contributed by atoms with van der Waals surface area (Å²) >= 11 is 0. The number of hydrogen-bond acceptors (Lipinski definition) is 5. The van der Waals surface area contributed by atoms with E-state index in [1.54, 1.807) is 6.07 Å². The molecule has 1 atom stereocenters. The maximum absolute atomic E-state index is 12.7. The molecule has 0 bridgehead atoms. The minimum atomic E-state index is -0.193. The zero-order valence-electron chi connectivity index (χ0n) is 19.2. The zero-order chi connectivity index (χ0) is 23.2. The van der Waals surface area contributed by atoms with Gasteiger partial charge in [-0.3, -0.25) is 14.7 Å². The highest BCUT2D eigenvalue weighted by Gasteiger charge is 2.42. The molecule has 3 saturated carbocycles. The van der Waals surface area contributed by atoms with Crippen molar-refractivity contribution in [1.82, 2.24) is 25.8 Å². The van der Waals surface area contributed by atoms with Crippen LogP contribution in [0.2, 0.25) is 0 Å². The monoisotopic (exact) mass is 459 g/mol. The highest BCUT2D eigenvalue weighted by atomic mass is 16.4. The van der Waals surface area contributed by atoms with Crippen LogP contribution in [-0.4, -0.2) is 39.1 Å². The molecule has 176 valence electrons. The van der Waals surface area contributed by atoms with Crippen LogP contribution in [-0.2, 0) is 0 Å². The summed E-state index contributed by atoms with van der Waals surface area (Å²) in [5.74, 6) is 2.10. The molecule has 0 unspecified atom stereocenters. The second kappa shape index (κ2) is 8.42. The average molecular weight is 460 g/mol. The van der Waals surface area contributed by atoms with Crippen LogP contribution in [0, 0.1) is 17.8 Å². The molecule has 2 amide bonds. The lowest BCUT2D eigenvalue weighted by Gasteiger charge is -2.16. The molecule has 2 heterocycles. The van der Waals surface area contributed by atoms with E-state index >= 15 is 0 Å². The molecule has 2 aromatic heterocycles. The molecule has 3 aliphatic carbocycles. The second-order valence-electron chi connectivity index (χ2n) is 10.1. The van der Waals surface area contributed by atoms with Crippen LogP contribution >= 0.6 is 0 Å². The van der Waals surface area contributed by atoms with Crippen molar-refractivity contribution in [1.29, 1.82) is 0 Å². The van der Waals surface area contributed by atoms with Gasteiger partial charge in [-0.2, -0.15) is 5.10 Å². The van der Waals surface area contributed by atoms with Gasteiger partial charge in [0.1, 0.15) is 5.69 Å². The maximum atomic E-state index is 12.7. The van der Waals surface area contributed by atoms with E-state index in [1.807, 2.05) is 31.2 Å². The van der Waals surface area contributed by atoms with E-state index in [-0.39, 0.29) is 29.7 Å². The van der Waals surface area contributed by atoms with Crippen molar-refractivity contribution in [2.75, 3.05) is 0 Å². The number of nitrogens with one attached hydrogen (secondary N) is 3. The quantitative estimate of drug-likeness (QED) is 0.444. The average Bonchev–Trinajstić information content (AvgIpc) is 3.75. The van der Waals surface area contributed by atoms with Crippen LogP contribution in [0.4, 0.5) is 0 Å². The van der Waals surface area contributed by atoms with Gasteiger partial charge in [0.15, 0.2) is 0 Å². The normalized spacial score (nSPS) is 18.6. The van der Waals surface area contributed by atoms with E-state index in [1.165, 1.54) is 44.7 Å². The van der Waals surface area contributed by atoms with Crippen molar-refractivity contribution < 1.29 is 14.0 Å². The van der Waals surface area contributed by atoms with Gasteiger partial charge >= 0.3 is 0 Å². The number of H-pyrrole nitrogens is 1. The second-order valence-corrected chi connectivity index (χ2v) is 10.1. The Morgan fingerprint density at radius 2 is 1.68 bits per heavy atom. The maximum Gasteiger partial charge on any atom is 0.288 e. The van der Waals surface area contributed by atoms with E-state index < -0.39 is 0 Å². The first-order chi connectivity index (χ1) is 16.5. The summed E-state index contributed by atoms with van der Waals surface area (Å²) in [6, 6.07) is 9.76. The van der Waals surface area contributed by atoms with Crippen molar-refractivity contribution in [2.24, 2.45) is 17.8 Å². The van der Waals surface area contributed by atoms with Gasteiger partial charge in [-0.05, 0) is 81.4 Å². The molecule has 0 spiro atoms. The van der Waals surface area contributed by atoms with Gasteiger partial charge in [0.05, 0.1) is 11.9 Å². The van der Waals surface area contributed by atoms with Crippen LogP contribution in [0.5, 0.6) is 0 Å². The molecule has 0 radical (unpaired) electrons. The SMILES string of the molecule is C[C@H](NC(=O)c1cc(-c2cccc(-c3ncc(C(=O)NC(C4CC4)C4CC4)o3)c2)n[nH]1)C1CC1. The van der Waals surface area contributed by atoms with Crippen LogP contribution in [0.25, 0.3) is 22.7 Å². The molecule has 8 nitrogen and oxygen atoms in total. The first kappa shape index (κ1) is 21.1. The highest BCUT2D eigenvalue weighted by Crippen LogP contribution is 2.44.